The second-order valence-electron chi connectivity index (χ2n) is 6.41. The van der Waals surface area contributed by atoms with Gasteiger partial charge in [0.15, 0.2) is 0 Å². The van der Waals surface area contributed by atoms with Gasteiger partial charge in [-0.25, -0.2) is 4.98 Å². The molecular weight excluding hydrogens is 364 g/mol. The third-order valence-electron chi connectivity index (χ3n) is 4.96. The van der Waals surface area contributed by atoms with Crippen molar-refractivity contribution in [1.29, 1.82) is 0 Å². The van der Waals surface area contributed by atoms with Crippen molar-refractivity contribution < 1.29 is 9.47 Å². The molecule has 4 nitrogen and oxygen atoms in total. The molecule has 0 spiro atoms. The summed E-state index contributed by atoms with van der Waals surface area (Å²) in [4.78, 5) is 8.93. The first-order chi connectivity index (χ1) is 12.7. The van der Waals surface area contributed by atoms with Gasteiger partial charge in [-0.1, -0.05) is 0 Å². The number of ether oxygens (including phenoxy) is 2. The summed E-state index contributed by atoms with van der Waals surface area (Å²) in [6.07, 6.45) is 1.14. The average Bonchev–Trinajstić information content (AvgIpc) is 3.33. The second kappa shape index (κ2) is 7.39. The monoisotopic (exact) mass is 386 g/mol. The Bertz CT molecular complexity index is 903. The molecule has 0 bridgehead atoms. The molecule has 3 aromatic rings. The molecule has 0 N–H and O–H groups in total. The fourth-order valence-corrected chi connectivity index (χ4v) is 5.27. The lowest BCUT2D eigenvalue weighted by molar-refractivity contribution is 0.189. The molecule has 0 radical (unpaired) electrons. The minimum atomic E-state index is 0.450. The van der Waals surface area contributed by atoms with Gasteiger partial charge in [-0.2, -0.15) is 0 Å². The number of thiophene rings is 1. The lowest BCUT2D eigenvalue weighted by atomic mass is 10.0. The van der Waals surface area contributed by atoms with Gasteiger partial charge >= 0.3 is 0 Å². The van der Waals surface area contributed by atoms with Crippen molar-refractivity contribution in [2.24, 2.45) is 0 Å². The minimum Gasteiger partial charge on any atom is -0.497 e. The highest BCUT2D eigenvalue weighted by Crippen LogP contribution is 2.37. The minimum absolute atomic E-state index is 0.450. The van der Waals surface area contributed by atoms with Crippen LogP contribution in [0.25, 0.3) is 10.6 Å². The number of hydrogen-bond donors (Lipinski definition) is 0. The highest BCUT2D eigenvalue weighted by molar-refractivity contribution is 7.13. The summed E-state index contributed by atoms with van der Waals surface area (Å²) in [5.41, 5.74) is 3.61. The Balaban J connectivity index is 1.54. The molecule has 0 saturated carbocycles. The smallest absolute Gasteiger partial charge is 0.132 e. The van der Waals surface area contributed by atoms with Crippen LogP contribution in [-0.2, 0) is 13.0 Å². The maximum Gasteiger partial charge on any atom is 0.132 e. The zero-order valence-corrected chi connectivity index (χ0v) is 16.8. The van der Waals surface area contributed by atoms with Crippen LogP contribution in [0, 0.1) is 0 Å². The SMILES string of the molecule is COc1ccc(-c2nc(CN3CCc4sccc4[C@H]3C)cs2)c(OC)c1. The van der Waals surface area contributed by atoms with Crippen molar-refractivity contribution in [3.05, 3.63) is 51.2 Å². The van der Waals surface area contributed by atoms with E-state index in [1.54, 1.807) is 25.6 Å². The van der Waals surface area contributed by atoms with E-state index in [0.29, 0.717) is 6.04 Å². The maximum absolute atomic E-state index is 5.53. The quantitative estimate of drug-likeness (QED) is 0.617. The van der Waals surface area contributed by atoms with Crippen LogP contribution in [-0.4, -0.2) is 30.6 Å². The topological polar surface area (TPSA) is 34.6 Å². The third kappa shape index (κ3) is 3.24. The number of nitrogens with zero attached hydrogens (tertiary/aromatic N) is 2. The number of hydrogen-bond acceptors (Lipinski definition) is 6. The largest absolute Gasteiger partial charge is 0.497 e. The molecule has 26 heavy (non-hydrogen) atoms. The van der Waals surface area contributed by atoms with Gasteiger partial charge in [0, 0.05) is 35.5 Å². The summed E-state index contributed by atoms with van der Waals surface area (Å²) < 4.78 is 10.8. The van der Waals surface area contributed by atoms with Gasteiger partial charge < -0.3 is 9.47 Å². The highest BCUT2D eigenvalue weighted by atomic mass is 32.1. The molecular formula is C20H22N2O2S2. The average molecular weight is 387 g/mol. The summed E-state index contributed by atoms with van der Waals surface area (Å²) in [7, 11) is 3.34. The first-order valence-electron chi connectivity index (χ1n) is 8.66. The molecule has 1 aliphatic heterocycles. The zero-order valence-electron chi connectivity index (χ0n) is 15.2. The van der Waals surface area contributed by atoms with Crippen molar-refractivity contribution in [2.75, 3.05) is 20.8 Å². The van der Waals surface area contributed by atoms with Gasteiger partial charge in [0.05, 0.1) is 25.5 Å². The Kier molecular flexibility index (Phi) is 4.98. The summed E-state index contributed by atoms with van der Waals surface area (Å²) in [5, 5.41) is 5.36. The van der Waals surface area contributed by atoms with Crippen LogP contribution in [0.3, 0.4) is 0 Å². The van der Waals surface area contributed by atoms with Crippen molar-refractivity contribution in [1.82, 2.24) is 9.88 Å². The lowest BCUT2D eigenvalue weighted by Crippen LogP contribution is -2.32. The van der Waals surface area contributed by atoms with Crippen LogP contribution < -0.4 is 9.47 Å². The molecule has 0 unspecified atom stereocenters. The second-order valence-corrected chi connectivity index (χ2v) is 8.26. The molecule has 2 aromatic heterocycles. The van der Waals surface area contributed by atoms with Crippen molar-refractivity contribution in [2.45, 2.75) is 25.9 Å². The molecule has 0 aliphatic carbocycles. The van der Waals surface area contributed by atoms with Gasteiger partial charge in [-0.15, -0.1) is 22.7 Å². The van der Waals surface area contributed by atoms with E-state index < -0.39 is 0 Å². The summed E-state index contributed by atoms with van der Waals surface area (Å²) in [5.74, 6) is 1.58. The van der Waals surface area contributed by atoms with E-state index in [9.17, 15) is 0 Å². The number of fused-ring (bicyclic) bond motifs is 1. The fourth-order valence-electron chi connectivity index (χ4n) is 3.46. The third-order valence-corrected chi connectivity index (χ3v) is 6.88. The predicted octanol–water partition coefficient (Wildman–Crippen LogP) is 5.01. The standard InChI is InChI=1S/C20H22N2O2S2/c1-13-16-7-9-25-19(16)6-8-22(13)11-14-12-26-20(21-14)17-5-4-15(23-2)10-18(17)24-3/h4-5,7,9-10,12-13H,6,8,11H2,1-3H3/t13-/m1/s1. The van der Waals surface area contributed by atoms with Crippen LogP contribution >= 0.6 is 22.7 Å². The normalized spacial score (nSPS) is 17.1. The van der Waals surface area contributed by atoms with Gasteiger partial charge in [0.2, 0.25) is 0 Å². The summed E-state index contributed by atoms with van der Waals surface area (Å²) in [6.45, 7) is 4.27. The van der Waals surface area contributed by atoms with E-state index >= 15 is 0 Å². The van der Waals surface area contributed by atoms with E-state index in [4.69, 9.17) is 14.5 Å². The molecule has 1 atom stereocenters. The molecule has 1 aliphatic rings. The fraction of sp³-hybridized carbons (Fsp3) is 0.350. The van der Waals surface area contributed by atoms with E-state index in [1.165, 1.54) is 10.4 Å². The summed E-state index contributed by atoms with van der Waals surface area (Å²) >= 11 is 3.55. The van der Waals surface area contributed by atoms with E-state index in [2.05, 4.69) is 28.7 Å². The number of rotatable bonds is 5. The van der Waals surface area contributed by atoms with Gasteiger partial charge in [0.1, 0.15) is 16.5 Å². The van der Waals surface area contributed by atoms with Crippen LogP contribution in [0.15, 0.2) is 35.0 Å². The summed E-state index contributed by atoms with van der Waals surface area (Å²) in [6, 6.07) is 8.59. The van der Waals surface area contributed by atoms with Crippen LogP contribution in [0.2, 0.25) is 0 Å². The Morgan fingerprint density at radius 3 is 2.88 bits per heavy atom. The molecule has 3 heterocycles. The van der Waals surface area contributed by atoms with Crippen molar-refractivity contribution in [3.63, 3.8) is 0 Å². The molecule has 0 amide bonds. The lowest BCUT2D eigenvalue weighted by Gasteiger charge is -2.32. The Labute approximate surface area is 162 Å². The first-order valence-corrected chi connectivity index (χ1v) is 10.4. The number of methoxy groups -OCH3 is 2. The predicted molar refractivity (Wildman–Crippen MR) is 108 cm³/mol. The van der Waals surface area contributed by atoms with Crippen LogP contribution in [0.4, 0.5) is 0 Å². The molecule has 6 heteroatoms. The van der Waals surface area contributed by atoms with Gasteiger partial charge in [-0.05, 0) is 42.5 Å². The van der Waals surface area contributed by atoms with E-state index in [0.717, 1.165) is 47.3 Å². The van der Waals surface area contributed by atoms with Gasteiger partial charge in [-0.3, -0.25) is 4.90 Å². The van der Waals surface area contributed by atoms with E-state index in [1.807, 2.05) is 29.5 Å². The van der Waals surface area contributed by atoms with E-state index in [-0.39, 0.29) is 0 Å². The van der Waals surface area contributed by atoms with Crippen molar-refractivity contribution in [3.8, 4) is 22.1 Å². The molecule has 4 rings (SSSR count). The zero-order chi connectivity index (χ0) is 18.1. The van der Waals surface area contributed by atoms with Gasteiger partial charge in [0.25, 0.3) is 0 Å². The van der Waals surface area contributed by atoms with Crippen LogP contribution in [0.5, 0.6) is 11.5 Å². The van der Waals surface area contributed by atoms with Crippen molar-refractivity contribution >= 4 is 22.7 Å². The molecule has 1 aromatic carbocycles. The molecule has 0 fully saturated rings. The first kappa shape index (κ1) is 17.5. The maximum atomic E-state index is 5.53. The molecule has 0 saturated heterocycles. The number of aromatic nitrogens is 1. The Morgan fingerprint density at radius 2 is 2.08 bits per heavy atom. The highest BCUT2D eigenvalue weighted by Gasteiger charge is 2.25. The Morgan fingerprint density at radius 1 is 1.19 bits per heavy atom. The molecule has 136 valence electrons. The Hall–Kier alpha value is -1.89. The number of benzene rings is 1. The van der Waals surface area contributed by atoms with Crippen LogP contribution in [0.1, 0.15) is 29.1 Å². The number of thiazole rings is 1.